The molecule has 0 saturated carbocycles. The third-order valence-corrected chi connectivity index (χ3v) is 5.21. The van der Waals surface area contributed by atoms with Crippen LogP contribution in [0.1, 0.15) is 40.5 Å². The van der Waals surface area contributed by atoms with Gasteiger partial charge in [-0.2, -0.15) is 0 Å². The van der Waals surface area contributed by atoms with Gasteiger partial charge in [-0.25, -0.2) is 4.98 Å². The molecule has 4 heteroatoms. The van der Waals surface area contributed by atoms with Crippen LogP contribution in [0.15, 0.2) is 34.8 Å². The van der Waals surface area contributed by atoms with Crippen molar-refractivity contribution in [2.75, 3.05) is 11.9 Å². The summed E-state index contributed by atoms with van der Waals surface area (Å²) in [5, 5.41) is 4.92. The molecule has 3 rings (SSSR count). The molecule has 1 fully saturated rings. The minimum absolute atomic E-state index is 0.141. The first-order chi connectivity index (χ1) is 10.7. The Bertz CT molecular complexity index is 708. The van der Waals surface area contributed by atoms with E-state index in [1.807, 2.05) is 0 Å². The van der Waals surface area contributed by atoms with Gasteiger partial charge >= 0.3 is 0 Å². The fourth-order valence-electron chi connectivity index (χ4n) is 4.01. The summed E-state index contributed by atoms with van der Waals surface area (Å²) in [4.78, 5) is 7.22. The van der Waals surface area contributed by atoms with Gasteiger partial charge in [0.15, 0.2) is 0 Å². The Morgan fingerprint density at radius 2 is 1.74 bits per heavy atom. The highest BCUT2D eigenvalue weighted by Gasteiger charge is 2.39. The average molecular weight is 376 g/mol. The molecule has 0 amide bonds. The highest BCUT2D eigenvalue weighted by atomic mass is 79.9. The second-order valence-electron chi connectivity index (χ2n) is 8.07. The molecular formula is C19H26BrN3. The molecule has 2 aromatic rings. The number of anilines is 1. The molecule has 1 aromatic carbocycles. The lowest BCUT2D eigenvalue weighted by atomic mass is 9.79. The van der Waals surface area contributed by atoms with Crippen molar-refractivity contribution in [3.63, 3.8) is 0 Å². The zero-order valence-corrected chi connectivity index (χ0v) is 16.2. The molecule has 124 valence electrons. The minimum atomic E-state index is 0.141. The predicted molar refractivity (Wildman–Crippen MR) is 102 cm³/mol. The highest BCUT2D eigenvalue weighted by Crippen LogP contribution is 2.33. The highest BCUT2D eigenvalue weighted by molar-refractivity contribution is 9.10. The number of nitrogens with one attached hydrogen (secondary N) is 1. The molecule has 3 nitrogen and oxygen atoms in total. The number of pyridine rings is 1. The first-order valence-electron chi connectivity index (χ1n) is 8.24. The van der Waals surface area contributed by atoms with E-state index in [1.165, 1.54) is 5.39 Å². The van der Waals surface area contributed by atoms with Gasteiger partial charge in [-0.05, 0) is 70.9 Å². The number of rotatable bonds is 2. The van der Waals surface area contributed by atoms with Crippen molar-refractivity contribution in [1.29, 1.82) is 0 Å². The summed E-state index contributed by atoms with van der Waals surface area (Å²) in [7, 11) is 2.18. The number of hydrogen-bond acceptors (Lipinski definition) is 3. The maximum atomic E-state index is 4.87. The lowest BCUT2D eigenvalue weighted by Gasteiger charge is -2.49. The Hall–Kier alpha value is -1.13. The van der Waals surface area contributed by atoms with Gasteiger partial charge in [-0.1, -0.05) is 15.9 Å². The van der Waals surface area contributed by atoms with Crippen molar-refractivity contribution >= 4 is 32.7 Å². The second-order valence-corrected chi connectivity index (χ2v) is 8.99. The molecule has 1 aliphatic rings. The summed E-state index contributed by atoms with van der Waals surface area (Å²) < 4.78 is 1.09. The van der Waals surface area contributed by atoms with Crippen molar-refractivity contribution < 1.29 is 0 Å². The SMILES string of the molecule is CN(c1ccc2cc(Br)ccc2n1)C1CC(C)(C)NC(C)(C)C1. The maximum Gasteiger partial charge on any atom is 0.129 e. The van der Waals surface area contributed by atoms with E-state index in [-0.39, 0.29) is 11.1 Å². The number of hydrogen-bond donors (Lipinski definition) is 1. The Labute approximate surface area is 147 Å². The van der Waals surface area contributed by atoms with Gasteiger partial charge in [0.05, 0.1) is 5.52 Å². The monoisotopic (exact) mass is 375 g/mol. The molecular weight excluding hydrogens is 350 g/mol. The van der Waals surface area contributed by atoms with Crippen LogP contribution in [0.5, 0.6) is 0 Å². The van der Waals surface area contributed by atoms with E-state index in [9.17, 15) is 0 Å². The van der Waals surface area contributed by atoms with E-state index >= 15 is 0 Å². The van der Waals surface area contributed by atoms with Gasteiger partial charge in [-0.3, -0.25) is 0 Å². The van der Waals surface area contributed by atoms with Crippen LogP contribution in [0.2, 0.25) is 0 Å². The summed E-state index contributed by atoms with van der Waals surface area (Å²) in [6.45, 7) is 9.17. The van der Waals surface area contributed by atoms with Crippen LogP contribution in [0.3, 0.4) is 0 Å². The molecule has 1 aromatic heterocycles. The Morgan fingerprint density at radius 1 is 1.09 bits per heavy atom. The third-order valence-electron chi connectivity index (χ3n) is 4.71. The van der Waals surface area contributed by atoms with Gasteiger partial charge in [0, 0.05) is 34.0 Å². The van der Waals surface area contributed by atoms with Crippen LogP contribution >= 0.6 is 15.9 Å². The molecule has 2 heterocycles. The summed E-state index contributed by atoms with van der Waals surface area (Å²) in [6, 6.07) is 11.0. The molecule has 1 aliphatic heterocycles. The van der Waals surface area contributed by atoms with Gasteiger partial charge in [0.2, 0.25) is 0 Å². The standard InChI is InChI=1S/C19H26BrN3/c1-18(2)11-15(12-19(3,4)22-18)23(5)17-9-6-13-10-14(20)7-8-16(13)21-17/h6-10,15,22H,11-12H2,1-5H3. The van der Waals surface area contributed by atoms with E-state index in [0.717, 1.165) is 28.6 Å². The van der Waals surface area contributed by atoms with Crippen LogP contribution in [-0.4, -0.2) is 29.2 Å². The second kappa shape index (κ2) is 5.75. The van der Waals surface area contributed by atoms with Crippen molar-refractivity contribution in [2.45, 2.75) is 57.7 Å². The quantitative estimate of drug-likeness (QED) is 0.821. The molecule has 0 unspecified atom stereocenters. The molecule has 0 spiro atoms. The molecule has 0 bridgehead atoms. The Kier molecular flexibility index (Phi) is 4.18. The number of nitrogens with zero attached hydrogens (tertiary/aromatic N) is 2. The lowest BCUT2D eigenvalue weighted by molar-refractivity contribution is 0.160. The average Bonchev–Trinajstić information content (AvgIpc) is 2.42. The van der Waals surface area contributed by atoms with Gasteiger partial charge in [0.25, 0.3) is 0 Å². The van der Waals surface area contributed by atoms with Crippen LogP contribution in [0.25, 0.3) is 10.9 Å². The van der Waals surface area contributed by atoms with E-state index in [2.05, 4.69) is 91.2 Å². The van der Waals surface area contributed by atoms with Crippen molar-refractivity contribution in [3.8, 4) is 0 Å². The summed E-state index contributed by atoms with van der Waals surface area (Å²) in [5.74, 6) is 1.05. The lowest BCUT2D eigenvalue weighted by Crippen LogP contribution is -2.62. The van der Waals surface area contributed by atoms with E-state index in [4.69, 9.17) is 4.98 Å². The van der Waals surface area contributed by atoms with Crippen molar-refractivity contribution in [3.05, 3.63) is 34.8 Å². The summed E-state index contributed by atoms with van der Waals surface area (Å²) in [5.41, 5.74) is 1.33. The predicted octanol–water partition coefficient (Wildman–Crippen LogP) is 4.74. The minimum Gasteiger partial charge on any atom is -0.357 e. The Balaban J connectivity index is 1.90. The zero-order valence-electron chi connectivity index (χ0n) is 14.7. The molecule has 0 radical (unpaired) electrons. The van der Waals surface area contributed by atoms with Crippen molar-refractivity contribution in [2.24, 2.45) is 0 Å². The molecule has 0 aliphatic carbocycles. The van der Waals surface area contributed by atoms with E-state index in [0.29, 0.717) is 6.04 Å². The molecule has 1 saturated heterocycles. The normalized spacial score (nSPS) is 20.6. The number of fused-ring (bicyclic) bond motifs is 1. The molecule has 0 atom stereocenters. The third kappa shape index (κ3) is 3.69. The van der Waals surface area contributed by atoms with Crippen LogP contribution in [0, 0.1) is 0 Å². The smallest absolute Gasteiger partial charge is 0.129 e. The van der Waals surface area contributed by atoms with Crippen molar-refractivity contribution in [1.82, 2.24) is 10.3 Å². The largest absolute Gasteiger partial charge is 0.357 e. The van der Waals surface area contributed by atoms with E-state index in [1.54, 1.807) is 0 Å². The van der Waals surface area contributed by atoms with Gasteiger partial charge in [0.1, 0.15) is 5.82 Å². The zero-order chi connectivity index (χ0) is 16.8. The summed E-state index contributed by atoms with van der Waals surface area (Å²) >= 11 is 3.52. The fraction of sp³-hybridized carbons (Fsp3) is 0.526. The molecule has 1 N–H and O–H groups in total. The van der Waals surface area contributed by atoms with Gasteiger partial charge < -0.3 is 10.2 Å². The Morgan fingerprint density at radius 3 is 2.39 bits per heavy atom. The van der Waals surface area contributed by atoms with Gasteiger partial charge in [-0.15, -0.1) is 0 Å². The number of halogens is 1. The fourth-order valence-corrected chi connectivity index (χ4v) is 4.39. The first kappa shape index (κ1) is 16.7. The number of aromatic nitrogens is 1. The first-order valence-corrected chi connectivity index (χ1v) is 9.03. The topological polar surface area (TPSA) is 28.2 Å². The number of piperidine rings is 1. The maximum absolute atomic E-state index is 4.87. The van der Waals surface area contributed by atoms with E-state index < -0.39 is 0 Å². The van der Waals surface area contributed by atoms with Crippen LogP contribution < -0.4 is 10.2 Å². The number of benzene rings is 1. The van der Waals surface area contributed by atoms with Crippen LogP contribution in [0.4, 0.5) is 5.82 Å². The van der Waals surface area contributed by atoms with Crippen LogP contribution in [-0.2, 0) is 0 Å². The summed E-state index contributed by atoms with van der Waals surface area (Å²) in [6.07, 6.45) is 2.24. The molecule has 23 heavy (non-hydrogen) atoms.